The van der Waals surface area contributed by atoms with Gasteiger partial charge in [-0.05, 0) is 13.8 Å². The molecule has 2 atom stereocenters. The molecule has 1 aliphatic rings. The van der Waals surface area contributed by atoms with Crippen molar-refractivity contribution in [2.75, 3.05) is 19.6 Å². The van der Waals surface area contributed by atoms with Gasteiger partial charge in [0, 0.05) is 19.6 Å². The number of hydrogen-bond donors (Lipinski definition) is 1. The van der Waals surface area contributed by atoms with Crippen molar-refractivity contribution in [1.29, 1.82) is 0 Å². The number of carbonyl (C=O) groups excluding carboxylic acids is 1. The van der Waals surface area contributed by atoms with Gasteiger partial charge in [-0.1, -0.05) is 0 Å². The fourth-order valence-corrected chi connectivity index (χ4v) is 1.40. The molecule has 0 radical (unpaired) electrons. The number of nitrogens with zero attached hydrogens (tertiary/aromatic N) is 1. The fraction of sp³-hybridized carbons (Fsp3) is 0.875. The Labute approximate surface area is 72.7 Å². The number of rotatable bonds is 2. The van der Waals surface area contributed by atoms with E-state index in [1.807, 2.05) is 6.92 Å². The van der Waals surface area contributed by atoms with Crippen LogP contribution >= 0.6 is 0 Å². The molecule has 0 bridgehead atoms. The summed E-state index contributed by atoms with van der Waals surface area (Å²) in [5, 5.41) is 0. The minimum Gasteiger partial charge on any atom is -0.362 e. The molecule has 0 aromatic heterocycles. The van der Waals surface area contributed by atoms with E-state index in [0.717, 1.165) is 6.54 Å². The molecule has 70 valence electrons. The Kier molecular flexibility index (Phi) is 3.05. The van der Waals surface area contributed by atoms with Gasteiger partial charge in [-0.3, -0.25) is 4.79 Å². The van der Waals surface area contributed by atoms with Crippen LogP contribution in [0.1, 0.15) is 13.8 Å². The Hall–Kier alpha value is -0.610. The molecule has 0 aromatic rings. The van der Waals surface area contributed by atoms with Crippen molar-refractivity contribution < 1.29 is 9.53 Å². The number of nitrogens with two attached hydrogens (primary N) is 1. The minimum atomic E-state index is -0.327. The highest BCUT2D eigenvalue weighted by Crippen LogP contribution is 2.10. The second-order valence-corrected chi connectivity index (χ2v) is 3.01. The first kappa shape index (κ1) is 9.48. The van der Waals surface area contributed by atoms with Crippen molar-refractivity contribution >= 4 is 5.91 Å². The molecule has 0 aliphatic carbocycles. The average molecular weight is 172 g/mol. The lowest BCUT2D eigenvalue weighted by atomic mass is 10.2. The Morgan fingerprint density at radius 3 is 2.92 bits per heavy atom. The van der Waals surface area contributed by atoms with Crippen LogP contribution < -0.4 is 5.73 Å². The Morgan fingerprint density at radius 1 is 1.75 bits per heavy atom. The Bertz CT molecular complexity index is 172. The second kappa shape index (κ2) is 3.87. The molecule has 0 spiro atoms. The lowest BCUT2D eigenvalue weighted by Gasteiger charge is -2.35. The van der Waals surface area contributed by atoms with Crippen LogP contribution in [0.5, 0.6) is 0 Å². The van der Waals surface area contributed by atoms with Gasteiger partial charge < -0.3 is 15.4 Å². The van der Waals surface area contributed by atoms with Gasteiger partial charge in [0.25, 0.3) is 5.91 Å². The molecular formula is C8H16N2O2. The van der Waals surface area contributed by atoms with Gasteiger partial charge in [-0.2, -0.15) is 0 Å². The number of amides is 1. The van der Waals surface area contributed by atoms with Crippen molar-refractivity contribution in [2.24, 2.45) is 5.73 Å². The second-order valence-electron chi connectivity index (χ2n) is 3.01. The predicted octanol–water partition coefficient (Wildman–Crippen LogP) is -0.419. The summed E-state index contributed by atoms with van der Waals surface area (Å²) >= 11 is 0. The molecule has 1 rings (SSSR count). The van der Waals surface area contributed by atoms with Crippen LogP contribution in [0.15, 0.2) is 0 Å². The molecule has 1 saturated heterocycles. The molecule has 0 saturated carbocycles. The zero-order chi connectivity index (χ0) is 9.14. The molecule has 1 heterocycles. The summed E-state index contributed by atoms with van der Waals surface area (Å²) in [6, 6.07) is 0. The summed E-state index contributed by atoms with van der Waals surface area (Å²) in [5.41, 5.74) is 5.46. The zero-order valence-corrected chi connectivity index (χ0v) is 7.62. The van der Waals surface area contributed by atoms with Gasteiger partial charge in [-0.25, -0.2) is 0 Å². The number of carbonyl (C=O) groups is 1. The maximum atomic E-state index is 11.4. The minimum absolute atomic E-state index is 0.0117. The summed E-state index contributed by atoms with van der Waals surface area (Å²) in [7, 11) is 0. The third kappa shape index (κ3) is 1.76. The van der Waals surface area contributed by atoms with Crippen molar-refractivity contribution in [2.45, 2.75) is 26.1 Å². The number of morpholine rings is 1. The van der Waals surface area contributed by atoms with Crippen LogP contribution in [-0.4, -0.2) is 42.6 Å². The SMILES string of the molecule is CCN1C[C@@H](CN)O[C@@H](C)C1=O. The number of ether oxygens (including phenoxy) is 1. The predicted molar refractivity (Wildman–Crippen MR) is 45.6 cm³/mol. The molecule has 2 N–H and O–H groups in total. The lowest BCUT2D eigenvalue weighted by molar-refractivity contribution is -0.158. The fourth-order valence-electron chi connectivity index (χ4n) is 1.40. The maximum Gasteiger partial charge on any atom is 0.251 e. The van der Waals surface area contributed by atoms with Crippen LogP contribution in [0.3, 0.4) is 0 Å². The van der Waals surface area contributed by atoms with E-state index in [-0.39, 0.29) is 18.1 Å². The Balaban J connectivity index is 2.58. The summed E-state index contributed by atoms with van der Waals surface area (Å²) in [4.78, 5) is 13.2. The molecule has 4 heteroatoms. The first-order valence-corrected chi connectivity index (χ1v) is 4.33. The molecule has 1 fully saturated rings. The monoisotopic (exact) mass is 172 g/mol. The van der Waals surface area contributed by atoms with E-state index >= 15 is 0 Å². The van der Waals surface area contributed by atoms with Crippen LogP contribution in [0, 0.1) is 0 Å². The molecule has 0 unspecified atom stereocenters. The molecule has 1 aliphatic heterocycles. The van der Waals surface area contributed by atoms with Crippen molar-refractivity contribution in [3.05, 3.63) is 0 Å². The summed E-state index contributed by atoms with van der Waals surface area (Å²) in [6.07, 6.45) is -0.315. The largest absolute Gasteiger partial charge is 0.362 e. The van der Waals surface area contributed by atoms with Gasteiger partial charge in [0.05, 0.1) is 6.10 Å². The molecule has 12 heavy (non-hydrogen) atoms. The maximum absolute atomic E-state index is 11.4. The molecule has 4 nitrogen and oxygen atoms in total. The van der Waals surface area contributed by atoms with Crippen molar-refractivity contribution in [3.63, 3.8) is 0 Å². The number of likely N-dealkylation sites (N-methyl/N-ethyl adjacent to an activating group) is 1. The van der Waals surface area contributed by atoms with Gasteiger partial charge in [-0.15, -0.1) is 0 Å². The van der Waals surface area contributed by atoms with E-state index in [1.54, 1.807) is 11.8 Å². The zero-order valence-electron chi connectivity index (χ0n) is 7.62. The van der Waals surface area contributed by atoms with E-state index < -0.39 is 0 Å². The van der Waals surface area contributed by atoms with Gasteiger partial charge in [0.1, 0.15) is 6.10 Å². The van der Waals surface area contributed by atoms with Gasteiger partial charge in [0.15, 0.2) is 0 Å². The highest BCUT2D eigenvalue weighted by Gasteiger charge is 2.30. The van der Waals surface area contributed by atoms with E-state index in [0.29, 0.717) is 13.1 Å². The highest BCUT2D eigenvalue weighted by molar-refractivity contribution is 5.81. The van der Waals surface area contributed by atoms with Crippen molar-refractivity contribution in [1.82, 2.24) is 4.90 Å². The van der Waals surface area contributed by atoms with E-state index in [9.17, 15) is 4.79 Å². The molecule has 0 aromatic carbocycles. The molecular weight excluding hydrogens is 156 g/mol. The topological polar surface area (TPSA) is 55.6 Å². The summed E-state index contributed by atoms with van der Waals surface area (Å²) in [5.74, 6) is 0.0715. The summed E-state index contributed by atoms with van der Waals surface area (Å²) in [6.45, 7) is 5.59. The lowest BCUT2D eigenvalue weighted by Crippen LogP contribution is -2.52. The average Bonchev–Trinajstić information content (AvgIpc) is 2.09. The van der Waals surface area contributed by atoms with E-state index in [1.165, 1.54) is 0 Å². The van der Waals surface area contributed by atoms with E-state index in [2.05, 4.69) is 0 Å². The van der Waals surface area contributed by atoms with Crippen molar-refractivity contribution in [3.8, 4) is 0 Å². The first-order valence-electron chi connectivity index (χ1n) is 4.33. The third-order valence-corrected chi connectivity index (χ3v) is 2.12. The van der Waals surface area contributed by atoms with Crippen LogP contribution in [0.4, 0.5) is 0 Å². The Morgan fingerprint density at radius 2 is 2.42 bits per heavy atom. The quantitative estimate of drug-likeness (QED) is 0.615. The normalized spacial score (nSPS) is 30.9. The first-order chi connectivity index (χ1) is 5.69. The van der Waals surface area contributed by atoms with Crippen LogP contribution in [0.2, 0.25) is 0 Å². The highest BCUT2D eigenvalue weighted by atomic mass is 16.5. The number of hydrogen-bond acceptors (Lipinski definition) is 3. The smallest absolute Gasteiger partial charge is 0.251 e. The third-order valence-electron chi connectivity index (χ3n) is 2.12. The van der Waals surface area contributed by atoms with E-state index in [4.69, 9.17) is 10.5 Å². The standard InChI is InChI=1S/C8H16N2O2/c1-3-10-5-7(4-9)12-6(2)8(10)11/h6-7H,3-5,9H2,1-2H3/t6-,7+/m0/s1. The van der Waals surface area contributed by atoms with Crippen LogP contribution in [-0.2, 0) is 9.53 Å². The summed E-state index contributed by atoms with van der Waals surface area (Å²) < 4.78 is 5.36. The molecule has 1 amide bonds. The van der Waals surface area contributed by atoms with Gasteiger partial charge in [0.2, 0.25) is 0 Å². The van der Waals surface area contributed by atoms with Crippen LogP contribution in [0.25, 0.3) is 0 Å². The van der Waals surface area contributed by atoms with Gasteiger partial charge >= 0.3 is 0 Å².